The van der Waals surface area contributed by atoms with E-state index in [0.717, 1.165) is 24.9 Å². The summed E-state index contributed by atoms with van der Waals surface area (Å²) >= 11 is 0. The molecule has 1 aromatic rings. The molecule has 1 amide bonds. The molecule has 21 heavy (non-hydrogen) atoms. The molecule has 0 aliphatic heterocycles. The van der Waals surface area contributed by atoms with Crippen molar-refractivity contribution in [2.45, 2.75) is 51.4 Å². The molecule has 114 valence electrons. The van der Waals surface area contributed by atoms with Gasteiger partial charge in [-0.25, -0.2) is 0 Å². The number of carbonyl (C=O) groups is 1. The number of hydrogen-bond acceptors (Lipinski definition) is 1. The van der Waals surface area contributed by atoms with Crippen molar-refractivity contribution in [1.29, 1.82) is 0 Å². The molecule has 0 heterocycles. The van der Waals surface area contributed by atoms with Gasteiger partial charge in [0.05, 0.1) is 0 Å². The lowest BCUT2D eigenvalue weighted by molar-refractivity contribution is -0.132. The molecule has 0 spiro atoms. The second-order valence-electron chi connectivity index (χ2n) is 7.61. The lowest BCUT2D eigenvalue weighted by Gasteiger charge is -2.30. The van der Waals surface area contributed by atoms with Gasteiger partial charge in [0.1, 0.15) is 0 Å². The van der Waals surface area contributed by atoms with Crippen molar-refractivity contribution in [2.24, 2.45) is 11.8 Å². The van der Waals surface area contributed by atoms with Gasteiger partial charge in [0.15, 0.2) is 0 Å². The van der Waals surface area contributed by atoms with E-state index in [1.165, 1.54) is 31.2 Å². The highest BCUT2D eigenvalue weighted by atomic mass is 16.2. The third kappa shape index (κ3) is 4.09. The van der Waals surface area contributed by atoms with Crippen LogP contribution in [0.4, 0.5) is 0 Å². The average Bonchev–Trinajstić information content (AvgIpc) is 3.34. The van der Waals surface area contributed by atoms with Crippen LogP contribution in [-0.2, 0) is 10.2 Å². The van der Waals surface area contributed by atoms with E-state index >= 15 is 0 Å². The highest BCUT2D eigenvalue weighted by molar-refractivity contribution is 5.78. The summed E-state index contributed by atoms with van der Waals surface area (Å²) < 4.78 is 0. The molecule has 0 N–H and O–H groups in total. The normalized spacial score (nSPS) is 18.6. The summed E-state index contributed by atoms with van der Waals surface area (Å²) in [5.41, 5.74) is 1.18. The zero-order valence-corrected chi connectivity index (χ0v) is 13.3. The summed E-state index contributed by atoms with van der Waals surface area (Å²) in [4.78, 5) is 15.0. The molecular weight excluding hydrogens is 258 g/mol. The molecule has 3 rings (SSSR count). The highest BCUT2D eigenvalue weighted by Crippen LogP contribution is 2.35. The predicted octanol–water partition coefficient (Wildman–Crippen LogP) is 4.00. The van der Waals surface area contributed by atoms with Crippen molar-refractivity contribution in [3.05, 3.63) is 35.9 Å². The van der Waals surface area contributed by atoms with Crippen LogP contribution in [-0.4, -0.2) is 23.9 Å². The van der Waals surface area contributed by atoms with Gasteiger partial charge >= 0.3 is 0 Å². The Balaban J connectivity index is 1.64. The molecule has 2 saturated carbocycles. The van der Waals surface area contributed by atoms with Gasteiger partial charge in [-0.2, -0.15) is 0 Å². The predicted molar refractivity (Wildman–Crippen MR) is 86.1 cm³/mol. The van der Waals surface area contributed by atoms with Crippen LogP contribution in [0, 0.1) is 11.8 Å². The Kier molecular flexibility index (Phi) is 4.05. The maximum Gasteiger partial charge on any atom is 0.223 e. The Morgan fingerprint density at radius 1 is 1.05 bits per heavy atom. The fraction of sp³-hybridized carbons (Fsp3) is 0.632. The van der Waals surface area contributed by atoms with Crippen LogP contribution in [0.2, 0.25) is 0 Å². The largest absolute Gasteiger partial charge is 0.342 e. The zero-order valence-electron chi connectivity index (χ0n) is 13.3. The smallest absolute Gasteiger partial charge is 0.223 e. The Morgan fingerprint density at radius 2 is 1.57 bits per heavy atom. The minimum Gasteiger partial charge on any atom is -0.342 e. The molecule has 0 radical (unpaired) electrons. The number of rotatable bonds is 7. The average molecular weight is 285 g/mol. The first kappa shape index (κ1) is 14.6. The minimum atomic E-state index is -0.0797. The van der Waals surface area contributed by atoms with E-state index in [9.17, 15) is 4.79 Å². The van der Waals surface area contributed by atoms with Crippen molar-refractivity contribution in [1.82, 2.24) is 4.90 Å². The van der Waals surface area contributed by atoms with E-state index in [2.05, 4.69) is 43.0 Å². The molecule has 1 aromatic carbocycles. The lowest BCUT2D eigenvalue weighted by Crippen LogP contribution is -2.38. The van der Waals surface area contributed by atoms with E-state index in [1.54, 1.807) is 0 Å². The first-order chi connectivity index (χ1) is 10.0. The summed E-state index contributed by atoms with van der Waals surface area (Å²) in [5, 5.41) is 0. The summed E-state index contributed by atoms with van der Waals surface area (Å²) in [6.45, 7) is 6.37. The van der Waals surface area contributed by atoms with Gasteiger partial charge in [-0.05, 0) is 48.5 Å². The molecule has 2 aliphatic carbocycles. The SMILES string of the molecule is CC(C)(CC(=O)N(CC1CC1)CC1CC1)c1ccccc1. The van der Waals surface area contributed by atoms with Crippen LogP contribution < -0.4 is 0 Å². The van der Waals surface area contributed by atoms with E-state index in [0.29, 0.717) is 12.3 Å². The molecular formula is C19H27NO. The Hall–Kier alpha value is -1.31. The lowest BCUT2D eigenvalue weighted by atomic mass is 9.81. The molecule has 0 bridgehead atoms. The summed E-state index contributed by atoms with van der Waals surface area (Å²) in [5.74, 6) is 1.92. The Labute approximate surface area is 128 Å². The highest BCUT2D eigenvalue weighted by Gasteiger charge is 2.33. The van der Waals surface area contributed by atoms with Gasteiger partial charge in [-0.15, -0.1) is 0 Å². The summed E-state index contributed by atoms with van der Waals surface area (Å²) in [7, 11) is 0. The van der Waals surface area contributed by atoms with E-state index in [-0.39, 0.29) is 5.41 Å². The van der Waals surface area contributed by atoms with Crippen LogP contribution in [0.3, 0.4) is 0 Å². The molecule has 0 aromatic heterocycles. The van der Waals surface area contributed by atoms with Crippen LogP contribution in [0.5, 0.6) is 0 Å². The van der Waals surface area contributed by atoms with Crippen molar-refractivity contribution >= 4 is 5.91 Å². The molecule has 2 heteroatoms. The molecule has 0 saturated heterocycles. The van der Waals surface area contributed by atoms with Gasteiger partial charge in [0.2, 0.25) is 5.91 Å². The van der Waals surface area contributed by atoms with Gasteiger partial charge in [0, 0.05) is 19.5 Å². The van der Waals surface area contributed by atoms with Gasteiger partial charge in [0.25, 0.3) is 0 Å². The standard InChI is InChI=1S/C19H27NO/c1-19(2,17-6-4-3-5-7-17)12-18(21)20(13-15-8-9-15)14-16-10-11-16/h3-7,15-16H,8-14H2,1-2H3. The third-order valence-corrected chi connectivity index (χ3v) is 4.85. The maximum absolute atomic E-state index is 12.8. The van der Waals surface area contributed by atoms with Crippen molar-refractivity contribution < 1.29 is 4.79 Å². The topological polar surface area (TPSA) is 20.3 Å². The fourth-order valence-electron chi connectivity index (χ4n) is 2.98. The zero-order chi connectivity index (χ0) is 14.9. The van der Waals surface area contributed by atoms with Crippen molar-refractivity contribution in [2.75, 3.05) is 13.1 Å². The van der Waals surface area contributed by atoms with E-state index in [1.807, 2.05) is 6.07 Å². The Bertz CT molecular complexity index is 472. The Morgan fingerprint density at radius 3 is 2.05 bits per heavy atom. The number of amides is 1. The number of carbonyl (C=O) groups excluding carboxylic acids is 1. The fourth-order valence-corrected chi connectivity index (χ4v) is 2.98. The minimum absolute atomic E-state index is 0.0797. The van der Waals surface area contributed by atoms with Crippen LogP contribution in [0.1, 0.15) is 51.5 Å². The summed E-state index contributed by atoms with van der Waals surface area (Å²) in [6, 6.07) is 10.4. The first-order valence-electron chi connectivity index (χ1n) is 8.38. The number of benzene rings is 1. The van der Waals surface area contributed by atoms with Gasteiger partial charge in [-0.1, -0.05) is 44.2 Å². The summed E-state index contributed by atoms with van der Waals surface area (Å²) in [6.07, 6.45) is 5.89. The molecule has 0 unspecified atom stereocenters. The van der Waals surface area contributed by atoms with Crippen molar-refractivity contribution in [3.63, 3.8) is 0 Å². The van der Waals surface area contributed by atoms with Crippen LogP contribution in [0.15, 0.2) is 30.3 Å². The van der Waals surface area contributed by atoms with E-state index < -0.39 is 0 Å². The second-order valence-corrected chi connectivity index (χ2v) is 7.61. The first-order valence-corrected chi connectivity index (χ1v) is 8.38. The molecule has 2 fully saturated rings. The maximum atomic E-state index is 12.8. The second kappa shape index (κ2) is 5.82. The third-order valence-electron chi connectivity index (χ3n) is 4.85. The van der Waals surface area contributed by atoms with Gasteiger partial charge < -0.3 is 4.90 Å². The van der Waals surface area contributed by atoms with E-state index in [4.69, 9.17) is 0 Å². The van der Waals surface area contributed by atoms with Crippen LogP contribution in [0.25, 0.3) is 0 Å². The van der Waals surface area contributed by atoms with Crippen molar-refractivity contribution in [3.8, 4) is 0 Å². The monoisotopic (exact) mass is 285 g/mol. The molecule has 0 atom stereocenters. The van der Waals surface area contributed by atoms with Gasteiger partial charge in [-0.3, -0.25) is 4.79 Å². The molecule has 2 nitrogen and oxygen atoms in total. The van der Waals surface area contributed by atoms with Crippen LogP contribution >= 0.6 is 0 Å². The quantitative estimate of drug-likeness (QED) is 0.741. The number of nitrogens with zero attached hydrogens (tertiary/aromatic N) is 1. The molecule has 2 aliphatic rings. The number of hydrogen-bond donors (Lipinski definition) is 0.